The fourth-order valence-electron chi connectivity index (χ4n) is 4.51. The molecule has 0 saturated carbocycles. The van der Waals surface area contributed by atoms with Crippen molar-refractivity contribution in [2.75, 3.05) is 6.61 Å². The van der Waals surface area contributed by atoms with Crippen LogP contribution in [0.4, 0.5) is 4.79 Å². The van der Waals surface area contributed by atoms with E-state index < -0.39 is 53.7 Å². The molecule has 0 fully saturated rings. The number of fused-ring (bicyclic) bond motifs is 10. The van der Waals surface area contributed by atoms with Crippen molar-refractivity contribution < 1.29 is 43.6 Å². The van der Waals surface area contributed by atoms with E-state index in [0.717, 1.165) is 6.42 Å². The van der Waals surface area contributed by atoms with Crippen LogP contribution in [0, 0.1) is 3.57 Å². The first-order valence-electron chi connectivity index (χ1n) is 14.6. The molecule has 252 valence electrons. The topological polar surface area (TPSA) is 173 Å². The summed E-state index contributed by atoms with van der Waals surface area (Å²) in [6, 6.07) is 2.55. The SMILES string of the molecule is CCCCO[C@H](C)[C@@H]1NC(=O)[C@@H](NC(=O)OC(C)(C)C)Cc2cc(I)c(O)c(c2)Oc2c(Br)cc(cc2Br)C[C@@H](C(=O)O)NC1=O. The molecule has 5 N–H and O–H groups in total. The van der Waals surface area contributed by atoms with Gasteiger partial charge >= 0.3 is 12.1 Å². The summed E-state index contributed by atoms with van der Waals surface area (Å²) in [5.74, 6) is -2.58. The predicted octanol–water partition coefficient (Wildman–Crippen LogP) is 5.57. The van der Waals surface area contributed by atoms with Gasteiger partial charge in [0.15, 0.2) is 17.2 Å². The van der Waals surface area contributed by atoms with E-state index in [1.807, 2.05) is 29.5 Å². The molecule has 4 rings (SSSR count). The first-order chi connectivity index (χ1) is 21.5. The number of halogens is 3. The number of carboxylic acids is 1. The minimum atomic E-state index is -1.37. The van der Waals surface area contributed by atoms with Gasteiger partial charge in [-0.05, 0) is 124 Å². The zero-order valence-corrected chi connectivity index (χ0v) is 31.4. The smallest absolute Gasteiger partial charge is 0.408 e. The van der Waals surface area contributed by atoms with Crippen LogP contribution in [0.15, 0.2) is 33.2 Å². The molecule has 0 aromatic heterocycles. The second kappa shape index (κ2) is 16.5. The molecule has 3 amide bonds. The van der Waals surface area contributed by atoms with Gasteiger partial charge in [-0.2, -0.15) is 0 Å². The zero-order valence-electron chi connectivity index (χ0n) is 26.0. The highest BCUT2D eigenvalue weighted by atomic mass is 127. The Balaban J connectivity index is 2.16. The summed E-state index contributed by atoms with van der Waals surface area (Å²) in [6.07, 6.45) is -0.375. The maximum atomic E-state index is 13.9. The lowest BCUT2D eigenvalue weighted by Gasteiger charge is -2.29. The number of ether oxygens (including phenoxy) is 3. The number of phenols is 1. The van der Waals surface area contributed by atoms with E-state index in [1.54, 1.807) is 52.0 Å². The number of unbranched alkanes of at least 4 members (excludes halogenated alkanes) is 1. The van der Waals surface area contributed by atoms with Crippen molar-refractivity contribution in [2.45, 2.75) is 90.1 Å². The number of rotatable bonds is 7. The van der Waals surface area contributed by atoms with Gasteiger partial charge in [0.2, 0.25) is 11.8 Å². The molecule has 4 atom stereocenters. The minimum Gasteiger partial charge on any atom is -0.504 e. The van der Waals surface area contributed by atoms with Gasteiger partial charge in [0.05, 0.1) is 18.6 Å². The Morgan fingerprint density at radius 1 is 1.09 bits per heavy atom. The monoisotopic (exact) mass is 881 g/mol. The van der Waals surface area contributed by atoms with Crippen molar-refractivity contribution in [3.63, 3.8) is 0 Å². The number of carboxylic acid groups (broad SMARTS) is 1. The third-order valence-corrected chi connectivity index (χ3v) is 8.79. The van der Waals surface area contributed by atoms with E-state index in [2.05, 4.69) is 47.8 Å². The molecule has 0 radical (unpaired) electrons. The molecule has 0 spiro atoms. The van der Waals surface area contributed by atoms with E-state index >= 15 is 0 Å². The van der Waals surface area contributed by atoms with Crippen molar-refractivity contribution in [1.29, 1.82) is 0 Å². The molecule has 0 saturated heterocycles. The summed E-state index contributed by atoms with van der Waals surface area (Å²) in [4.78, 5) is 52.7. The van der Waals surface area contributed by atoms with Crippen LogP contribution in [0.1, 0.15) is 58.6 Å². The maximum absolute atomic E-state index is 13.9. The average Bonchev–Trinajstić information content (AvgIpc) is 2.93. The molecule has 2 aliphatic rings. The number of aromatic hydroxyl groups is 1. The summed E-state index contributed by atoms with van der Waals surface area (Å²) in [7, 11) is 0. The lowest BCUT2D eigenvalue weighted by Crippen LogP contribution is -2.60. The van der Waals surface area contributed by atoms with Gasteiger partial charge in [-0.25, -0.2) is 9.59 Å². The number of hydrogen-bond acceptors (Lipinski definition) is 8. The van der Waals surface area contributed by atoms with Crippen molar-refractivity contribution >= 4 is 78.3 Å². The molecule has 0 aliphatic carbocycles. The summed E-state index contributed by atoms with van der Waals surface area (Å²) >= 11 is 8.87. The highest BCUT2D eigenvalue weighted by molar-refractivity contribution is 14.1. The van der Waals surface area contributed by atoms with E-state index in [-0.39, 0.29) is 24.3 Å². The summed E-state index contributed by atoms with van der Waals surface area (Å²) in [6.45, 7) is 8.92. The van der Waals surface area contributed by atoms with Crippen LogP contribution in [0.2, 0.25) is 0 Å². The van der Waals surface area contributed by atoms with Crippen LogP contribution in [0.5, 0.6) is 17.2 Å². The van der Waals surface area contributed by atoms with Gasteiger partial charge in [0.1, 0.15) is 23.7 Å². The number of hydrogen-bond donors (Lipinski definition) is 5. The Kier molecular flexibility index (Phi) is 13.5. The van der Waals surface area contributed by atoms with Crippen LogP contribution in [-0.4, -0.2) is 70.5 Å². The first-order valence-corrected chi connectivity index (χ1v) is 17.3. The standard InChI is InChI=1S/C31H38Br2IN3O9/c1-6-7-8-44-15(2)24-28(40)35-22(29(41)42)13-16-9-18(32)26(19(33)10-16)45-23-14-17(11-20(34)25(23)38)12-21(27(39)37-24)36-30(43)46-31(3,4)5/h9-11,14-15,21-22,24,38H,6-8,12-13H2,1-5H3,(H,35,40)(H,36,43)(H,37,39)(H,41,42)/t15-,21+,22+,24+/m1/s1. The molecule has 4 bridgehead atoms. The van der Waals surface area contributed by atoms with E-state index in [1.165, 1.54) is 0 Å². The number of benzene rings is 2. The summed E-state index contributed by atoms with van der Waals surface area (Å²) in [5, 5.41) is 28.7. The molecular weight excluding hydrogens is 845 g/mol. The van der Waals surface area contributed by atoms with Crippen molar-refractivity contribution in [3.8, 4) is 17.2 Å². The number of alkyl carbamates (subject to hydrolysis) is 1. The molecule has 0 unspecified atom stereocenters. The molecule has 46 heavy (non-hydrogen) atoms. The number of phenolic OH excluding ortho intramolecular Hbond substituents is 1. The summed E-state index contributed by atoms with van der Waals surface area (Å²) in [5.41, 5.74) is 0.198. The second-order valence-electron chi connectivity index (χ2n) is 11.8. The van der Waals surface area contributed by atoms with Gasteiger partial charge < -0.3 is 40.4 Å². The molecule has 15 heteroatoms. The quantitative estimate of drug-likeness (QED) is 0.176. The third-order valence-electron chi connectivity index (χ3n) is 6.79. The Morgan fingerprint density at radius 2 is 1.72 bits per heavy atom. The molecule has 2 aromatic carbocycles. The van der Waals surface area contributed by atoms with Gasteiger partial charge in [0, 0.05) is 19.4 Å². The highest BCUT2D eigenvalue weighted by Crippen LogP contribution is 2.42. The van der Waals surface area contributed by atoms with Crippen LogP contribution in [-0.2, 0) is 36.7 Å². The number of aliphatic carboxylic acids is 1. The van der Waals surface area contributed by atoms with E-state index in [4.69, 9.17) is 14.2 Å². The van der Waals surface area contributed by atoms with Gasteiger partial charge in [0.25, 0.3) is 0 Å². The Hall–Kier alpha value is -2.63. The van der Waals surface area contributed by atoms with E-state index in [9.17, 15) is 29.4 Å². The van der Waals surface area contributed by atoms with Crippen LogP contribution in [0.25, 0.3) is 0 Å². The van der Waals surface area contributed by atoms with Crippen LogP contribution < -0.4 is 20.7 Å². The molecular formula is C31H38Br2IN3O9. The van der Waals surface area contributed by atoms with Crippen molar-refractivity contribution in [1.82, 2.24) is 16.0 Å². The Labute approximate surface area is 298 Å². The zero-order chi connectivity index (χ0) is 34.3. The molecule has 2 aliphatic heterocycles. The van der Waals surface area contributed by atoms with Crippen molar-refractivity contribution in [3.05, 3.63) is 47.9 Å². The third kappa shape index (κ3) is 10.7. The second-order valence-corrected chi connectivity index (χ2v) is 14.7. The first kappa shape index (κ1) is 37.8. The van der Waals surface area contributed by atoms with Gasteiger partial charge in [-0.1, -0.05) is 13.3 Å². The Bertz CT molecular complexity index is 1440. The largest absolute Gasteiger partial charge is 0.504 e. The maximum Gasteiger partial charge on any atom is 0.408 e. The number of amides is 3. The predicted molar refractivity (Wildman–Crippen MR) is 185 cm³/mol. The van der Waals surface area contributed by atoms with Crippen molar-refractivity contribution in [2.24, 2.45) is 0 Å². The fourth-order valence-corrected chi connectivity index (χ4v) is 6.62. The number of carbonyl (C=O) groups is 4. The van der Waals surface area contributed by atoms with Gasteiger partial charge in [-0.3, -0.25) is 9.59 Å². The lowest BCUT2D eigenvalue weighted by molar-refractivity contribution is -0.143. The molecule has 2 heterocycles. The Morgan fingerprint density at radius 3 is 2.30 bits per heavy atom. The normalized spacial score (nSPS) is 19.7. The lowest BCUT2D eigenvalue weighted by atomic mass is 10.0. The van der Waals surface area contributed by atoms with E-state index in [0.29, 0.717) is 42.4 Å². The highest BCUT2D eigenvalue weighted by Gasteiger charge is 2.35. The van der Waals surface area contributed by atoms with Gasteiger partial charge in [-0.15, -0.1) is 0 Å². The average molecular weight is 883 g/mol. The fraction of sp³-hybridized carbons (Fsp3) is 0.484. The molecule has 12 nitrogen and oxygen atoms in total. The molecule has 2 aromatic rings. The van der Waals surface area contributed by atoms with Crippen LogP contribution >= 0.6 is 54.5 Å². The summed E-state index contributed by atoms with van der Waals surface area (Å²) < 4.78 is 18.7. The number of carbonyl (C=O) groups excluding carboxylic acids is 3. The van der Waals surface area contributed by atoms with Crippen LogP contribution in [0.3, 0.4) is 0 Å². The minimum absolute atomic E-state index is 0.0767. The number of nitrogens with one attached hydrogen (secondary N) is 3.